The molecule has 1 aromatic rings. The maximum Gasteiger partial charge on any atom is 0.231 e. The molecule has 3 heterocycles. The van der Waals surface area contributed by atoms with E-state index in [2.05, 4.69) is 9.88 Å². The van der Waals surface area contributed by atoms with Crippen LogP contribution in [0.5, 0.6) is 0 Å². The Morgan fingerprint density at radius 1 is 1.32 bits per heavy atom. The Bertz CT molecular complexity index is 683. The summed E-state index contributed by atoms with van der Waals surface area (Å²) < 4.78 is 0. The zero-order valence-corrected chi connectivity index (χ0v) is 15.3. The van der Waals surface area contributed by atoms with Gasteiger partial charge in [0.2, 0.25) is 11.8 Å². The summed E-state index contributed by atoms with van der Waals surface area (Å²) in [5, 5.41) is 3.02. The van der Waals surface area contributed by atoms with E-state index in [1.54, 1.807) is 11.3 Å². The highest BCUT2D eigenvalue weighted by atomic mass is 32.1. The molecule has 2 aliphatic carbocycles. The van der Waals surface area contributed by atoms with E-state index in [0.29, 0.717) is 19.0 Å². The van der Waals surface area contributed by atoms with Crippen LogP contribution in [0.25, 0.3) is 0 Å². The molecule has 0 N–H and O–H groups in total. The van der Waals surface area contributed by atoms with Crippen molar-refractivity contribution in [3.05, 3.63) is 16.6 Å². The van der Waals surface area contributed by atoms with Gasteiger partial charge in [-0.25, -0.2) is 4.98 Å². The number of carbonyl (C=O) groups excluding carboxylic acids is 2. The number of likely N-dealkylation sites (tertiary alicyclic amines) is 2. The summed E-state index contributed by atoms with van der Waals surface area (Å²) in [6, 6.07) is 0. The first-order chi connectivity index (χ1) is 12.2. The summed E-state index contributed by atoms with van der Waals surface area (Å²) in [4.78, 5) is 34.7. The van der Waals surface area contributed by atoms with Gasteiger partial charge in [-0.2, -0.15) is 0 Å². The van der Waals surface area contributed by atoms with Crippen molar-refractivity contribution in [2.24, 2.45) is 17.3 Å². The number of carbonyl (C=O) groups is 2. The van der Waals surface area contributed by atoms with Crippen LogP contribution < -0.4 is 0 Å². The molecule has 2 saturated carbocycles. The number of amides is 2. The molecule has 0 radical (unpaired) electrons. The molecule has 5 nitrogen and oxygen atoms in total. The van der Waals surface area contributed by atoms with Crippen molar-refractivity contribution < 1.29 is 9.59 Å². The van der Waals surface area contributed by atoms with Crippen molar-refractivity contribution in [1.82, 2.24) is 14.8 Å². The molecule has 1 spiro atoms. The molecule has 134 valence electrons. The van der Waals surface area contributed by atoms with E-state index in [0.717, 1.165) is 37.4 Å². The fourth-order valence-corrected chi connectivity index (χ4v) is 5.72. The second kappa shape index (κ2) is 5.79. The van der Waals surface area contributed by atoms with Crippen LogP contribution in [0.4, 0.5) is 0 Å². The van der Waals surface area contributed by atoms with Crippen molar-refractivity contribution in [2.75, 3.05) is 26.2 Å². The maximum atomic E-state index is 13.4. The number of hydrogen-bond acceptors (Lipinski definition) is 4. The Hall–Kier alpha value is -1.43. The maximum absolute atomic E-state index is 13.4. The number of nitrogens with zero attached hydrogens (tertiary/aromatic N) is 3. The first-order valence-corrected chi connectivity index (χ1v) is 10.5. The molecule has 2 atom stereocenters. The van der Waals surface area contributed by atoms with E-state index in [1.807, 2.05) is 16.5 Å². The lowest BCUT2D eigenvalue weighted by Crippen LogP contribution is -2.42. The van der Waals surface area contributed by atoms with Gasteiger partial charge >= 0.3 is 0 Å². The van der Waals surface area contributed by atoms with E-state index in [4.69, 9.17) is 0 Å². The van der Waals surface area contributed by atoms with Gasteiger partial charge < -0.3 is 9.80 Å². The quantitative estimate of drug-likeness (QED) is 0.830. The third-order valence-electron chi connectivity index (χ3n) is 6.78. The summed E-state index contributed by atoms with van der Waals surface area (Å²) in [6.45, 7) is 3.04. The molecule has 1 aromatic heterocycles. The highest BCUT2D eigenvalue weighted by Gasteiger charge is 2.59. The van der Waals surface area contributed by atoms with Crippen LogP contribution >= 0.6 is 11.3 Å². The first kappa shape index (κ1) is 15.8. The summed E-state index contributed by atoms with van der Waals surface area (Å²) >= 11 is 1.63. The third kappa shape index (κ3) is 2.52. The van der Waals surface area contributed by atoms with Crippen LogP contribution in [-0.2, 0) is 9.59 Å². The largest absolute Gasteiger partial charge is 0.342 e. The minimum Gasteiger partial charge on any atom is -0.342 e. The van der Waals surface area contributed by atoms with Gasteiger partial charge in [-0.15, -0.1) is 11.3 Å². The van der Waals surface area contributed by atoms with E-state index >= 15 is 0 Å². The van der Waals surface area contributed by atoms with Gasteiger partial charge in [-0.05, 0) is 38.0 Å². The predicted molar refractivity (Wildman–Crippen MR) is 95.1 cm³/mol. The molecule has 0 aromatic carbocycles. The van der Waals surface area contributed by atoms with Gasteiger partial charge in [-0.3, -0.25) is 9.59 Å². The monoisotopic (exact) mass is 359 g/mol. The third-order valence-corrected chi connectivity index (χ3v) is 7.66. The highest BCUT2D eigenvalue weighted by molar-refractivity contribution is 7.09. The summed E-state index contributed by atoms with van der Waals surface area (Å²) in [7, 11) is 0. The zero-order chi connectivity index (χ0) is 17.0. The SMILES string of the molecule is O=C(C1CC1)N1C[C@@H](c2nccs2)[C@@]2(CCN(CC3CCC3)C2=O)C1. The zero-order valence-electron chi connectivity index (χ0n) is 14.5. The molecular formula is C19H25N3O2S. The van der Waals surface area contributed by atoms with Gasteiger partial charge in [0.25, 0.3) is 0 Å². The highest BCUT2D eigenvalue weighted by Crippen LogP contribution is 2.51. The molecule has 4 aliphatic rings. The lowest BCUT2D eigenvalue weighted by Gasteiger charge is -2.32. The second-order valence-electron chi connectivity index (χ2n) is 8.37. The molecule has 2 aliphatic heterocycles. The van der Waals surface area contributed by atoms with Gasteiger partial charge in [0, 0.05) is 49.6 Å². The Kier molecular flexibility index (Phi) is 3.66. The Labute approximate surface area is 152 Å². The van der Waals surface area contributed by atoms with Crippen LogP contribution in [-0.4, -0.2) is 52.8 Å². The Morgan fingerprint density at radius 2 is 2.16 bits per heavy atom. The fraction of sp³-hybridized carbons (Fsp3) is 0.737. The average Bonchev–Trinajstić information content (AvgIpc) is 3.02. The smallest absolute Gasteiger partial charge is 0.231 e. The summed E-state index contributed by atoms with van der Waals surface area (Å²) in [6.07, 6.45) is 8.57. The minimum absolute atomic E-state index is 0.0779. The standard InChI is InChI=1S/C19H25N3O2S/c23-17(14-4-5-14)22-11-15(16-20-7-9-25-16)19(12-22)6-8-21(18(19)24)10-13-2-1-3-13/h7,9,13-15H,1-6,8,10-12H2/t15-,19+/m0/s1. The van der Waals surface area contributed by atoms with Crippen LogP contribution in [0.15, 0.2) is 11.6 Å². The summed E-state index contributed by atoms with van der Waals surface area (Å²) in [5.41, 5.74) is -0.424. The normalized spacial score (nSPS) is 32.6. The van der Waals surface area contributed by atoms with E-state index < -0.39 is 5.41 Å². The van der Waals surface area contributed by atoms with Crippen molar-refractivity contribution in [2.45, 2.75) is 44.4 Å². The van der Waals surface area contributed by atoms with Crippen LogP contribution in [0.3, 0.4) is 0 Å². The molecule has 2 saturated heterocycles. The molecule has 4 fully saturated rings. The molecule has 6 heteroatoms. The van der Waals surface area contributed by atoms with Crippen LogP contribution in [0.2, 0.25) is 0 Å². The molecule has 2 amide bonds. The Balaban J connectivity index is 1.42. The number of thiazole rings is 1. The number of rotatable bonds is 4. The lowest BCUT2D eigenvalue weighted by atomic mass is 9.76. The first-order valence-electron chi connectivity index (χ1n) is 9.65. The molecule has 25 heavy (non-hydrogen) atoms. The van der Waals surface area contributed by atoms with Crippen LogP contribution in [0, 0.1) is 17.3 Å². The fourth-order valence-electron chi connectivity index (χ4n) is 4.88. The van der Waals surface area contributed by atoms with Crippen molar-refractivity contribution in [1.29, 1.82) is 0 Å². The average molecular weight is 359 g/mol. The number of aromatic nitrogens is 1. The minimum atomic E-state index is -0.424. The van der Waals surface area contributed by atoms with Crippen molar-refractivity contribution >= 4 is 23.2 Å². The van der Waals surface area contributed by atoms with Crippen molar-refractivity contribution in [3.63, 3.8) is 0 Å². The topological polar surface area (TPSA) is 53.5 Å². The van der Waals surface area contributed by atoms with Gasteiger partial charge in [0.1, 0.15) is 0 Å². The van der Waals surface area contributed by atoms with Gasteiger partial charge in [0.15, 0.2) is 0 Å². The predicted octanol–water partition coefficient (Wildman–Crippen LogP) is 2.50. The van der Waals surface area contributed by atoms with E-state index in [9.17, 15) is 9.59 Å². The van der Waals surface area contributed by atoms with E-state index in [-0.39, 0.29) is 23.7 Å². The Morgan fingerprint density at radius 3 is 2.80 bits per heavy atom. The second-order valence-corrected chi connectivity index (χ2v) is 9.30. The van der Waals surface area contributed by atoms with E-state index in [1.165, 1.54) is 19.3 Å². The molecule has 5 rings (SSSR count). The molecular weight excluding hydrogens is 334 g/mol. The van der Waals surface area contributed by atoms with Gasteiger partial charge in [-0.1, -0.05) is 6.42 Å². The van der Waals surface area contributed by atoms with Crippen LogP contribution in [0.1, 0.15) is 49.5 Å². The summed E-state index contributed by atoms with van der Waals surface area (Å²) in [5.74, 6) is 1.54. The van der Waals surface area contributed by atoms with Crippen molar-refractivity contribution in [3.8, 4) is 0 Å². The molecule has 0 bridgehead atoms. The number of hydrogen-bond donors (Lipinski definition) is 0. The molecule has 0 unspecified atom stereocenters. The lowest BCUT2D eigenvalue weighted by molar-refractivity contribution is -0.137. The van der Waals surface area contributed by atoms with Gasteiger partial charge in [0.05, 0.1) is 10.4 Å².